The molecule has 1 saturated heterocycles. The molecule has 1 aromatic rings. The van der Waals surface area contributed by atoms with Crippen LogP contribution in [0, 0.1) is 5.92 Å². The minimum Gasteiger partial charge on any atom is -0.353 e. The number of piperidine rings is 1. The molecule has 2 aliphatic rings. The van der Waals surface area contributed by atoms with Crippen LogP contribution in [0.15, 0.2) is 16.9 Å². The second-order valence-corrected chi connectivity index (χ2v) is 6.01. The summed E-state index contributed by atoms with van der Waals surface area (Å²) in [7, 11) is 0. The number of nitrogens with zero attached hydrogens (tertiary/aromatic N) is 2. The molecule has 22 heavy (non-hydrogen) atoms. The number of rotatable bonds is 3. The van der Waals surface area contributed by atoms with E-state index >= 15 is 0 Å². The van der Waals surface area contributed by atoms with Crippen molar-refractivity contribution in [3.8, 4) is 0 Å². The third-order valence-electron chi connectivity index (χ3n) is 4.50. The largest absolute Gasteiger partial charge is 0.353 e. The van der Waals surface area contributed by atoms with E-state index in [4.69, 9.17) is 0 Å². The molecule has 0 spiro atoms. The molecule has 1 aliphatic carbocycles. The van der Waals surface area contributed by atoms with Crippen LogP contribution >= 0.6 is 0 Å². The molecule has 0 bridgehead atoms. The smallest absolute Gasteiger partial charge is 0.274 e. The zero-order valence-corrected chi connectivity index (χ0v) is 12.4. The van der Waals surface area contributed by atoms with E-state index in [0.717, 1.165) is 32.1 Å². The van der Waals surface area contributed by atoms with E-state index < -0.39 is 0 Å². The maximum Gasteiger partial charge on any atom is 0.274 e. The van der Waals surface area contributed by atoms with Gasteiger partial charge in [0.15, 0.2) is 0 Å². The molecule has 2 fully saturated rings. The maximum absolute atomic E-state index is 12.3. The summed E-state index contributed by atoms with van der Waals surface area (Å²) in [5.74, 6) is 0.184. The van der Waals surface area contributed by atoms with Gasteiger partial charge >= 0.3 is 0 Å². The highest BCUT2D eigenvalue weighted by molar-refractivity contribution is 5.92. The highest BCUT2D eigenvalue weighted by Gasteiger charge is 2.29. The summed E-state index contributed by atoms with van der Waals surface area (Å²) < 4.78 is 0. The Balaban J connectivity index is 1.50. The Hall–Kier alpha value is -2.18. The van der Waals surface area contributed by atoms with E-state index in [9.17, 15) is 14.4 Å². The SMILES string of the molecule is O=C(NC1CCN(C(=O)c2ccc(=O)[nH]n2)CC1)C1CCC1. The average molecular weight is 304 g/mol. The third-order valence-corrected chi connectivity index (χ3v) is 4.50. The predicted octanol–water partition coefficient (Wildman–Crippen LogP) is 0.291. The zero-order chi connectivity index (χ0) is 15.5. The monoisotopic (exact) mass is 304 g/mol. The van der Waals surface area contributed by atoms with Gasteiger partial charge in [-0.2, -0.15) is 5.10 Å². The summed E-state index contributed by atoms with van der Waals surface area (Å²) in [6.07, 6.45) is 4.67. The minimum absolute atomic E-state index is 0.153. The molecular formula is C15H20N4O3. The van der Waals surface area contributed by atoms with Crippen molar-refractivity contribution in [2.75, 3.05) is 13.1 Å². The Kier molecular flexibility index (Phi) is 4.22. The molecule has 0 radical (unpaired) electrons. The first-order chi connectivity index (χ1) is 10.6. The molecule has 1 aliphatic heterocycles. The Morgan fingerprint density at radius 1 is 1.18 bits per heavy atom. The number of hydrogen-bond donors (Lipinski definition) is 2. The summed E-state index contributed by atoms with van der Waals surface area (Å²) in [5, 5.41) is 9.12. The summed E-state index contributed by atoms with van der Waals surface area (Å²) in [6, 6.07) is 2.89. The molecule has 2 N–H and O–H groups in total. The number of carbonyl (C=O) groups is 2. The molecule has 0 aromatic carbocycles. The highest BCUT2D eigenvalue weighted by Crippen LogP contribution is 2.26. The van der Waals surface area contributed by atoms with Crippen LogP contribution < -0.4 is 10.9 Å². The van der Waals surface area contributed by atoms with E-state index in [0.29, 0.717) is 13.1 Å². The van der Waals surface area contributed by atoms with Crippen molar-refractivity contribution in [2.45, 2.75) is 38.1 Å². The van der Waals surface area contributed by atoms with Crippen LogP contribution in [0.1, 0.15) is 42.6 Å². The molecule has 0 unspecified atom stereocenters. The number of H-pyrrole nitrogens is 1. The van der Waals surface area contributed by atoms with Gasteiger partial charge in [-0.25, -0.2) is 5.10 Å². The molecule has 3 rings (SSSR count). The summed E-state index contributed by atoms with van der Waals surface area (Å²) >= 11 is 0. The first kappa shape index (κ1) is 14.7. The fourth-order valence-electron chi connectivity index (χ4n) is 2.84. The second kappa shape index (κ2) is 6.29. The Bertz CT molecular complexity index is 595. The Morgan fingerprint density at radius 3 is 2.45 bits per heavy atom. The topological polar surface area (TPSA) is 95.2 Å². The summed E-state index contributed by atoms with van der Waals surface area (Å²) in [4.78, 5) is 36.9. The van der Waals surface area contributed by atoms with Crippen LogP contribution in [-0.2, 0) is 4.79 Å². The Morgan fingerprint density at radius 2 is 1.91 bits per heavy atom. The van der Waals surface area contributed by atoms with Crippen LogP contribution in [0.2, 0.25) is 0 Å². The zero-order valence-electron chi connectivity index (χ0n) is 12.4. The second-order valence-electron chi connectivity index (χ2n) is 6.01. The standard InChI is InChI=1S/C15H20N4O3/c20-13-5-4-12(17-18-13)15(22)19-8-6-11(7-9-19)16-14(21)10-2-1-3-10/h4-5,10-11H,1-3,6-9H2,(H,16,21)(H,18,20). The lowest BCUT2D eigenvalue weighted by atomic mass is 9.84. The highest BCUT2D eigenvalue weighted by atomic mass is 16.2. The van der Waals surface area contributed by atoms with E-state index in [2.05, 4.69) is 15.5 Å². The normalized spacial score (nSPS) is 19.5. The molecule has 1 aromatic heterocycles. The predicted molar refractivity (Wildman–Crippen MR) is 79.3 cm³/mol. The summed E-state index contributed by atoms with van der Waals surface area (Å²) in [6.45, 7) is 1.19. The van der Waals surface area contributed by atoms with Gasteiger partial charge in [0.25, 0.3) is 11.5 Å². The molecule has 2 heterocycles. The van der Waals surface area contributed by atoms with Crippen LogP contribution in [0.25, 0.3) is 0 Å². The van der Waals surface area contributed by atoms with Crippen molar-refractivity contribution in [1.82, 2.24) is 20.4 Å². The fourth-order valence-corrected chi connectivity index (χ4v) is 2.84. The van der Waals surface area contributed by atoms with Crippen LogP contribution in [-0.4, -0.2) is 46.0 Å². The Labute approximate surface area is 128 Å². The van der Waals surface area contributed by atoms with Gasteiger partial charge < -0.3 is 10.2 Å². The number of amides is 2. The van der Waals surface area contributed by atoms with Crippen LogP contribution in [0.4, 0.5) is 0 Å². The molecule has 0 atom stereocenters. The molecule has 118 valence electrons. The quantitative estimate of drug-likeness (QED) is 0.839. The number of carbonyl (C=O) groups excluding carboxylic acids is 2. The number of aromatic amines is 1. The van der Waals surface area contributed by atoms with E-state index in [1.165, 1.54) is 12.1 Å². The van der Waals surface area contributed by atoms with Gasteiger partial charge in [0.2, 0.25) is 5.91 Å². The maximum atomic E-state index is 12.3. The lowest BCUT2D eigenvalue weighted by Gasteiger charge is -2.34. The van der Waals surface area contributed by atoms with Gasteiger partial charge in [0.1, 0.15) is 5.69 Å². The van der Waals surface area contributed by atoms with E-state index in [1.54, 1.807) is 4.90 Å². The van der Waals surface area contributed by atoms with Gasteiger partial charge in [-0.1, -0.05) is 6.42 Å². The average Bonchev–Trinajstić information content (AvgIpc) is 2.46. The first-order valence-corrected chi connectivity index (χ1v) is 7.79. The molecular weight excluding hydrogens is 284 g/mol. The number of nitrogens with one attached hydrogen (secondary N) is 2. The van der Waals surface area contributed by atoms with Crippen molar-refractivity contribution in [1.29, 1.82) is 0 Å². The van der Waals surface area contributed by atoms with Crippen molar-refractivity contribution in [2.24, 2.45) is 5.92 Å². The van der Waals surface area contributed by atoms with E-state index in [-0.39, 0.29) is 35.0 Å². The minimum atomic E-state index is -0.325. The number of likely N-dealkylation sites (tertiary alicyclic amines) is 1. The van der Waals surface area contributed by atoms with Gasteiger partial charge in [-0.15, -0.1) is 0 Å². The fraction of sp³-hybridized carbons (Fsp3) is 0.600. The lowest BCUT2D eigenvalue weighted by Crippen LogP contribution is -2.48. The summed E-state index contributed by atoms with van der Waals surface area (Å²) in [5.41, 5.74) is -0.0782. The van der Waals surface area contributed by atoms with Crippen molar-refractivity contribution < 1.29 is 9.59 Å². The molecule has 1 saturated carbocycles. The van der Waals surface area contributed by atoms with Crippen LogP contribution in [0.5, 0.6) is 0 Å². The van der Waals surface area contributed by atoms with Gasteiger partial charge in [0.05, 0.1) is 0 Å². The lowest BCUT2D eigenvalue weighted by molar-refractivity contribution is -0.128. The number of hydrogen-bond acceptors (Lipinski definition) is 4. The first-order valence-electron chi connectivity index (χ1n) is 7.79. The molecule has 7 nitrogen and oxygen atoms in total. The number of aromatic nitrogens is 2. The van der Waals surface area contributed by atoms with Crippen molar-refractivity contribution >= 4 is 11.8 Å². The van der Waals surface area contributed by atoms with Gasteiger partial charge in [-0.3, -0.25) is 14.4 Å². The molecule has 2 amide bonds. The van der Waals surface area contributed by atoms with Crippen molar-refractivity contribution in [3.05, 3.63) is 28.2 Å². The third kappa shape index (κ3) is 3.18. The molecule has 7 heteroatoms. The van der Waals surface area contributed by atoms with Crippen molar-refractivity contribution in [3.63, 3.8) is 0 Å². The van der Waals surface area contributed by atoms with Crippen LogP contribution in [0.3, 0.4) is 0 Å². The van der Waals surface area contributed by atoms with Gasteiger partial charge in [-0.05, 0) is 31.7 Å². The van der Waals surface area contributed by atoms with E-state index in [1.807, 2.05) is 0 Å². The van der Waals surface area contributed by atoms with Gasteiger partial charge in [0, 0.05) is 31.1 Å².